The van der Waals surface area contributed by atoms with Gasteiger partial charge in [0.15, 0.2) is 0 Å². The summed E-state index contributed by atoms with van der Waals surface area (Å²) in [6, 6.07) is 18.1. The fourth-order valence-corrected chi connectivity index (χ4v) is 4.52. The molecule has 0 radical (unpaired) electrons. The van der Waals surface area contributed by atoms with Crippen LogP contribution in [0.5, 0.6) is 0 Å². The minimum Gasteiger partial charge on any atom is -0.282 e. The van der Waals surface area contributed by atoms with E-state index in [2.05, 4.69) is 0 Å². The standard InChI is InChI=1S/C21H16O6S2/c1-13-20(8-5-17-12-19(29(25,26)27)7-9-21(13)17)16-3-2-15-11-18(28(22,23)24)6-4-14(15)10-16/h2-12H,1H3,(H,22,23,24)(H,25,26,27). The van der Waals surface area contributed by atoms with Crippen molar-refractivity contribution in [3.8, 4) is 11.1 Å². The van der Waals surface area contributed by atoms with Crippen molar-refractivity contribution >= 4 is 41.8 Å². The van der Waals surface area contributed by atoms with Crippen LogP contribution >= 0.6 is 0 Å². The number of fused-ring (bicyclic) bond motifs is 2. The van der Waals surface area contributed by atoms with E-state index in [0.717, 1.165) is 27.5 Å². The maximum Gasteiger partial charge on any atom is 0.294 e. The number of hydrogen-bond donors (Lipinski definition) is 2. The Morgan fingerprint density at radius 3 is 1.79 bits per heavy atom. The third-order valence-corrected chi connectivity index (χ3v) is 6.68. The third-order valence-electron chi connectivity index (χ3n) is 4.98. The molecular formula is C21H16O6S2. The maximum atomic E-state index is 11.4. The summed E-state index contributed by atoms with van der Waals surface area (Å²) in [7, 11) is -8.53. The molecule has 4 rings (SSSR count). The highest BCUT2D eigenvalue weighted by molar-refractivity contribution is 7.86. The lowest BCUT2D eigenvalue weighted by molar-refractivity contribution is 0.481. The zero-order chi connectivity index (χ0) is 21.0. The van der Waals surface area contributed by atoms with E-state index in [4.69, 9.17) is 0 Å². The van der Waals surface area contributed by atoms with Crippen LogP contribution in [0.15, 0.2) is 76.5 Å². The van der Waals surface area contributed by atoms with Gasteiger partial charge >= 0.3 is 0 Å². The van der Waals surface area contributed by atoms with Gasteiger partial charge in [0, 0.05) is 0 Å². The minimum absolute atomic E-state index is 0.155. The Morgan fingerprint density at radius 1 is 0.621 bits per heavy atom. The lowest BCUT2D eigenvalue weighted by Gasteiger charge is -2.12. The lowest BCUT2D eigenvalue weighted by atomic mass is 9.94. The summed E-state index contributed by atoms with van der Waals surface area (Å²) in [6.07, 6.45) is 0. The van der Waals surface area contributed by atoms with E-state index in [9.17, 15) is 25.9 Å². The Labute approximate surface area is 167 Å². The number of aryl methyl sites for hydroxylation is 1. The predicted octanol–water partition coefficient (Wildman–Crippen LogP) is 4.46. The van der Waals surface area contributed by atoms with Crippen LogP contribution in [-0.2, 0) is 20.2 Å². The largest absolute Gasteiger partial charge is 0.294 e. The number of rotatable bonds is 3. The van der Waals surface area contributed by atoms with Crippen molar-refractivity contribution in [2.45, 2.75) is 16.7 Å². The van der Waals surface area contributed by atoms with Crippen LogP contribution in [-0.4, -0.2) is 25.9 Å². The van der Waals surface area contributed by atoms with Crippen LogP contribution in [0, 0.1) is 6.92 Å². The Bertz CT molecular complexity index is 1500. The fraction of sp³-hybridized carbons (Fsp3) is 0.0476. The fourth-order valence-electron chi connectivity index (χ4n) is 3.49. The summed E-state index contributed by atoms with van der Waals surface area (Å²) in [4.78, 5) is -0.313. The molecule has 0 aliphatic rings. The van der Waals surface area contributed by atoms with Crippen molar-refractivity contribution in [2.75, 3.05) is 0 Å². The predicted molar refractivity (Wildman–Crippen MR) is 111 cm³/mol. The molecule has 0 atom stereocenters. The summed E-state index contributed by atoms with van der Waals surface area (Å²) in [5.41, 5.74) is 2.80. The van der Waals surface area contributed by atoms with Crippen LogP contribution in [0.25, 0.3) is 32.7 Å². The molecule has 0 aliphatic carbocycles. The number of benzene rings is 4. The van der Waals surface area contributed by atoms with Crippen molar-refractivity contribution < 1.29 is 25.9 Å². The Kier molecular flexibility index (Phi) is 4.47. The minimum atomic E-state index is -4.27. The summed E-state index contributed by atoms with van der Waals surface area (Å²) in [6.45, 7) is 1.93. The van der Waals surface area contributed by atoms with Gasteiger partial charge in [0.05, 0.1) is 9.79 Å². The smallest absolute Gasteiger partial charge is 0.282 e. The van der Waals surface area contributed by atoms with Crippen molar-refractivity contribution in [1.29, 1.82) is 0 Å². The van der Waals surface area contributed by atoms with Gasteiger partial charge in [-0.05, 0) is 75.5 Å². The first kappa shape index (κ1) is 19.5. The van der Waals surface area contributed by atoms with E-state index in [1.54, 1.807) is 24.3 Å². The topological polar surface area (TPSA) is 109 Å². The highest BCUT2D eigenvalue weighted by Crippen LogP contribution is 2.33. The molecule has 0 fully saturated rings. The molecule has 148 valence electrons. The Balaban J connectivity index is 1.85. The first-order chi connectivity index (χ1) is 13.5. The van der Waals surface area contributed by atoms with Gasteiger partial charge in [-0.2, -0.15) is 16.8 Å². The normalized spacial score (nSPS) is 12.5. The first-order valence-corrected chi connectivity index (χ1v) is 11.4. The van der Waals surface area contributed by atoms with Gasteiger partial charge in [0.1, 0.15) is 0 Å². The average molecular weight is 428 g/mol. The lowest BCUT2D eigenvalue weighted by Crippen LogP contribution is -1.98. The highest BCUT2D eigenvalue weighted by Gasteiger charge is 2.13. The number of hydrogen-bond acceptors (Lipinski definition) is 4. The third kappa shape index (κ3) is 3.63. The van der Waals surface area contributed by atoms with Gasteiger partial charge in [-0.1, -0.05) is 36.4 Å². The molecule has 29 heavy (non-hydrogen) atoms. The van der Waals surface area contributed by atoms with E-state index in [1.165, 1.54) is 24.3 Å². The van der Waals surface area contributed by atoms with Crippen molar-refractivity contribution in [2.24, 2.45) is 0 Å². The molecule has 2 N–H and O–H groups in total. The molecular weight excluding hydrogens is 412 g/mol. The molecule has 4 aromatic rings. The Hall–Kier alpha value is -2.78. The molecule has 0 spiro atoms. The van der Waals surface area contributed by atoms with Gasteiger partial charge in [-0.25, -0.2) is 0 Å². The SMILES string of the molecule is Cc1c(-c2ccc3cc(S(=O)(=O)O)ccc3c2)ccc2cc(S(=O)(=O)O)ccc12. The molecule has 0 saturated heterocycles. The van der Waals surface area contributed by atoms with Crippen molar-refractivity contribution in [1.82, 2.24) is 0 Å². The van der Waals surface area contributed by atoms with E-state index >= 15 is 0 Å². The molecule has 0 bridgehead atoms. The van der Waals surface area contributed by atoms with Gasteiger partial charge in [-0.3, -0.25) is 9.11 Å². The zero-order valence-electron chi connectivity index (χ0n) is 15.2. The van der Waals surface area contributed by atoms with E-state index in [1.807, 2.05) is 25.1 Å². The molecule has 0 heterocycles. The summed E-state index contributed by atoms with van der Waals surface area (Å²) >= 11 is 0. The molecule has 0 unspecified atom stereocenters. The second-order valence-electron chi connectivity index (χ2n) is 6.79. The van der Waals surface area contributed by atoms with E-state index in [0.29, 0.717) is 10.8 Å². The summed E-state index contributed by atoms with van der Waals surface area (Å²) in [5, 5.41) is 3.05. The van der Waals surface area contributed by atoms with Crippen LogP contribution in [0.2, 0.25) is 0 Å². The first-order valence-electron chi connectivity index (χ1n) is 8.56. The van der Waals surface area contributed by atoms with Crippen molar-refractivity contribution in [3.63, 3.8) is 0 Å². The van der Waals surface area contributed by atoms with Gasteiger partial charge in [0.25, 0.3) is 20.2 Å². The molecule has 0 aromatic heterocycles. The zero-order valence-corrected chi connectivity index (χ0v) is 16.8. The van der Waals surface area contributed by atoms with Gasteiger partial charge < -0.3 is 0 Å². The Morgan fingerprint density at radius 2 is 1.14 bits per heavy atom. The molecule has 4 aromatic carbocycles. The second kappa shape index (κ2) is 6.64. The highest BCUT2D eigenvalue weighted by atomic mass is 32.2. The molecule has 0 saturated carbocycles. The van der Waals surface area contributed by atoms with Gasteiger partial charge in [-0.15, -0.1) is 0 Å². The monoisotopic (exact) mass is 428 g/mol. The molecule has 6 nitrogen and oxygen atoms in total. The quantitative estimate of drug-likeness (QED) is 0.466. The van der Waals surface area contributed by atoms with Crippen LogP contribution in [0.1, 0.15) is 5.56 Å². The van der Waals surface area contributed by atoms with Crippen LogP contribution in [0.3, 0.4) is 0 Å². The summed E-state index contributed by atoms with van der Waals surface area (Å²) in [5.74, 6) is 0. The average Bonchev–Trinajstić information content (AvgIpc) is 2.66. The van der Waals surface area contributed by atoms with Crippen LogP contribution < -0.4 is 0 Å². The molecule has 0 aliphatic heterocycles. The molecule has 8 heteroatoms. The maximum absolute atomic E-state index is 11.4. The summed E-state index contributed by atoms with van der Waals surface area (Å²) < 4.78 is 63.8. The molecule has 0 amide bonds. The van der Waals surface area contributed by atoms with Crippen LogP contribution in [0.4, 0.5) is 0 Å². The van der Waals surface area contributed by atoms with E-state index in [-0.39, 0.29) is 9.79 Å². The van der Waals surface area contributed by atoms with Crippen molar-refractivity contribution in [3.05, 3.63) is 72.3 Å². The van der Waals surface area contributed by atoms with Gasteiger partial charge in [0.2, 0.25) is 0 Å². The van der Waals surface area contributed by atoms with E-state index < -0.39 is 20.2 Å². The second-order valence-corrected chi connectivity index (χ2v) is 9.64.